The molecule has 0 fully saturated rings. The van der Waals surface area contributed by atoms with Crippen molar-refractivity contribution in [1.82, 2.24) is 19.0 Å². The molecule has 8 heteroatoms. The third-order valence-electron chi connectivity index (χ3n) is 3.05. The summed E-state index contributed by atoms with van der Waals surface area (Å²) in [5.41, 5.74) is 6.25. The van der Waals surface area contributed by atoms with Crippen LogP contribution in [0.4, 0.5) is 5.82 Å². The zero-order valence-electron chi connectivity index (χ0n) is 12.2. The van der Waals surface area contributed by atoms with Crippen LogP contribution < -0.4 is 5.73 Å². The van der Waals surface area contributed by atoms with Crippen LogP contribution in [0.2, 0.25) is 0 Å². The molecule has 0 bridgehead atoms. The molecule has 110 valence electrons. The van der Waals surface area contributed by atoms with E-state index < -0.39 is 10.0 Å². The summed E-state index contributed by atoms with van der Waals surface area (Å²) in [6, 6.07) is 0. The highest BCUT2D eigenvalue weighted by molar-refractivity contribution is 7.89. The van der Waals surface area contributed by atoms with E-state index in [1.807, 2.05) is 19.0 Å². The van der Waals surface area contributed by atoms with Crippen molar-refractivity contribution >= 4 is 15.8 Å². The van der Waals surface area contributed by atoms with Gasteiger partial charge in [-0.15, -0.1) is 0 Å². The van der Waals surface area contributed by atoms with Gasteiger partial charge in [-0.25, -0.2) is 12.7 Å². The number of anilines is 1. The van der Waals surface area contributed by atoms with E-state index in [4.69, 9.17) is 5.73 Å². The average Bonchev–Trinajstić information content (AvgIpc) is 2.52. The molecule has 1 aromatic heterocycles. The van der Waals surface area contributed by atoms with Gasteiger partial charge >= 0.3 is 0 Å². The fraction of sp³-hybridized carbons (Fsp3) is 0.727. The van der Waals surface area contributed by atoms with Crippen LogP contribution in [0.1, 0.15) is 12.1 Å². The highest BCUT2D eigenvalue weighted by atomic mass is 32.2. The molecule has 0 aliphatic heterocycles. The lowest BCUT2D eigenvalue weighted by atomic mass is 10.4. The third-order valence-corrected chi connectivity index (χ3v) is 5.07. The number of rotatable bonds is 6. The predicted octanol–water partition coefficient (Wildman–Crippen LogP) is -0.117. The highest BCUT2D eigenvalue weighted by Gasteiger charge is 2.28. The Bertz CT molecular complexity index is 536. The van der Waals surface area contributed by atoms with E-state index in [0.717, 1.165) is 13.0 Å². The average molecular weight is 289 g/mol. The number of nitrogens with two attached hydrogens (primary N) is 1. The van der Waals surface area contributed by atoms with Gasteiger partial charge in [0.15, 0.2) is 5.82 Å². The van der Waals surface area contributed by atoms with Crippen LogP contribution in [-0.2, 0) is 17.1 Å². The summed E-state index contributed by atoms with van der Waals surface area (Å²) in [4.78, 5) is 2.13. The van der Waals surface area contributed by atoms with Crippen LogP contribution in [0, 0.1) is 6.92 Å². The second-order valence-corrected chi connectivity index (χ2v) is 6.89. The molecule has 1 aromatic rings. The van der Waals surface area contributed by atoms with E-state index >= 15 is 0 Å². The number of sulfonamides is 1. The second kappa shape index (κ2) is 5.89. The minimum absolute atomic E-state index is 0.0551. The van der Waals surface area contributed by atoms with Crippen molar-refractivity contribution in [2.75, 3.05) is 40.0 Å². The first-order chi connectivity index (χ1) is 8.67. The molecule has 0 spiro atoms. The predicted molar refractivity (Wildman–Crippen MR) is 75.3 cm³/mol. The maximum Gasteiger partial charge on any atom is 0.248 e. The Labute approximate surface area is 115 Å². The number of hydrogen-bond acceptors (Lipinski definition) is 5. The Morgan fingerprint density at radius 1 is 1.26 bits per heavy atom. The Morgan fingerprint density at radius 3 is 2.26 bits per heavy atom. The zero-order chi connectivity index (χ0) is 14.8. The van der Waals surface area contributed by atoms with Gasteiger partial charge in [-0.05, 0) is 34.0 Å². The summed E-state index contributed by atoms with van der Waals surface area (Å²) in [5.74, 6) is 0.0551. The second-order valence-electron chi connectivity index (χ2n) is 4.91. The Kier molecular flexibility index (Phi) is 4.94. The third kappa shape index (κ3) is 3.46. The molecule has 0 amide bonds. The molecular weight excluding hydrogens is 266 g/mol. The Hall–Kier alpha value is -1.12. The van der Waals surface area contributed by atoms with Crippen LogP contribution in [-0.4, -0.2) is 61.6 Å². The van der Waals surface area contributed by atoms with E-state index in [2.05, 4.69) is 5.10 Å². The first-order valence-corrected chi connectivity index (χ1v) is 7.52. The van der Waals surface area contributed by atoms with Gasteiger partial charge in [0.05, 0.1) is 5.69 Å². The van der Waals surface area contributed by atoms with Gasteiger partial charge in [-0.3, -0.25) is 4.68 Å². The monoisotopic (exact) mass is 289 g/mol. The summed E-state index contributed by atoms with van der Waals surface area (Å²) in [7, 11) is 3.58. The van der Waals surface area contributed by atoms with Crippen molar-refractivity contribution in [3.63, 3.8) is 0 Å². The molecule has 1 heterocycles. The van der Waals surface area contributed by atoms with Crippen LogP contribution in [0.5, 0.6) is 0 Å². The zero-order valence-corrected chi connectivity index (χ0v) is 13.0. The van der Waals surface area contributed by atoms with Crippen LogP contribution in [0.3, 0.4) is 0 Å². The summed E-state index contributed by atoms with van der Waals surface area (Å²) in [5, 5.41) is 3.95. The summed E-state index contributed by atoms with van der Waals surface area (Å²) in [6.45, 7) is 2.99. The number of aromatic nitrogens is 2. The van der Waals surface area contributed by atoms with Crippen molar-refractivity contribution in [2.24, 2.45) is 7.05 Å². The Morgan fingerprint density at radius 2 is 1.84 bits per heavy atom. The highest BCUT2D eigenvalue weighted by Crippen LogP contribution is 2.24. The van der Waals surface area contributed by atoms with Gasteiger partial charge in [0.25, 0.3) is 0 Å². The van der Waals surface area contributed by atoms with Gasteiger partial charge in [0.2, 0.25) is 10.0 Å². The standard InChI is InChI=1S/C11H23N5O2S/c1-9-10(11(12)13-16(9)5)19(17,18)15(4)8-6-7-14(2)3/h6-8H2,1-5H3,(H2,12,13). The molecule has 0 aliphatic carbocycles. The van der Waals surface area contributed by atoms with E-state index in [-0.39, 0.29) is 10.7 Å². The van der Waals surface area contributed by atoms with E-state index in [1.54, 1.807) is 21.0 Å². The summed E-state index contributed by atoms with van der Waals surface area (Å²) in [6.07, 6.45) is 0.766. The molecule has 7 nitrogen and oxygen atoms in total. The molecule has 1 rings (SSSR count). The van der Waals surface area contributed by atoms with Gasteiger partial charge < -0.3 is 10.6 Å². The number of aryl methyl sites for hydroxylation is 1. The lowest BCUT2D eigenvalue weighted by Gasteiger charge is -2.18. The smallest absolute Gasteiger partial charge is 0.248 e. The topological polar surface area (TPSA) is 84.5 Å². The lowest BCUT2D eigenvalue weighted by molar-refractivity contribution is 0.370. The van der Waals surface area contributed by atoms with E-state index in [9.17, 15) is 8.42 Å². The largest absolute Gasteiger partial charge is 0.381 e. The minimum Gasteiger partial charge on any atom is -0.381 e. The van der Waals surface area contributed by atoms with Crippen LogP contribution >= 0.6 is 0 Å². The number of nitrogens with zero attached hydrogens (tertiary/aromatic N) is 4. The van der Waals surface area contributed by atoms with Gasteiger partial charge in [0, 0.05) is 20.6 Å². The van der Waals surface area contributed by atoms with Crippen LogP contribution in [0.15, 0.2) is 4.90 Å². The molecule has 0 saturated heterocycles. The molecule has 0 atom stereocenters. The summed E-state index contributed by atoms with van der Waals surface area (Å²) >= 11 is 0. The molecule has 19 heavy (non-hydrogen) atoms. The van der Waals surface area contributed by atoms with Gasteiger partial charge in [0.1, 0.15) is 4.90 Å². The van der Waals surface area contributed by atoms with Crippen LogP contribution in [0.25, 0.3) is 0 Å². The summed E-state index contributed by atoms with van der Waals surface area (Å²) < 4.78 is 27.7. The molecule has 2 N–H and O–H groups in total. The quantitative estimate of drug-likeness (QED) is 0.789. The molecule has 0 saturated carbocycles. The molecule has 0 aliphatic rings. The molecule has 0 radical (unpaired) electrons. The molecular formula is C11H23N5O2S. The molecule has 0 unspecified atom stereocenters. The minimum atomic E-state index is -3.57. The number of nitrogen functional groups attached to an aromatic ring is 1. The first kappa shape index (κ1) is 15.9. The van der Waals surface area contributed by atoms with Crippen molar-refractivity contribution < 1.29 is 8.42 Å². The lowest BCUT2D eigenvalue weighted by Crippen LogP contribution is -2.30. The number of hydrogen-bond donors (Lipinski definition) is 1. The first-order valence-electron chi connectivity index (χ1n) is 6.08. The Balaban J connectivity index is 2.91. The van der Waals surface area contributed by atoms with Crippen molar-refractivity contribution in [3.8, 4) is 0 Å². The SMILES string of the molecule is Cc1c(S(=O)(=O)N(C)CCCN(C)C)c(N)nn1C. The fourth-order valence-corrected chi connectivity index (χ4v) is 3.31. The normalized spacial score (nSPS) is 12.6. The maximum atomic E-state index is 12.4. The van der Waals surface area contributed by atoms with Gasteiger partial charge in [-0.2, -0.15) is 5.10 Å². The van der Waals surface area contributed by atoms with Crippen molar-refractivity contribution in [1.29, 1.82) is 0 Å². The molecule has 0 aromatic carbocycles. The fourth-order valence-electron chi connectivity index (χ4n) is 1.82. The van der Waals surface area contributed by atoms with Crippen molar-refractivity contribution in [3.05, 3.63) is 5.69 Å². The van der Waals surface area contributed by atoms with Gasteiger partial charge in [-0.1, -0.05) is 0 Å². The van der Waals surface area contributed by atoms with E-state index in [1.165, 1.54) is 8.99 Å². The van der Waals surface area contributed by atoms with E-state index in [0.29, 0.717) is 12.2 Å². The maximum absolute atomic E-state index is 12.4. The van der Waals surface area contributed by atoms with Crippen molar-refractivity contribution in [2.45, 2.75) is 18.2 Å².